The van der Waals surface area contributed by atoms with Crippen molar-refractivity contribution in [3.63, 3.8) is 0 Å². The molecule has 1 aliphatic rings. The Kier molecular flexibility index (Phi) is 6.10. The zero-order chi connectivity index (χ0) is 23.8. The summed E-state index contributed by atoms with van der Waals surface area (Å²) in [6, 6.07) is 12.2. The van der Waals surface area contributed by atoms with Crippen molar-refractivity contribution in [1.29, 1.82) is 0 Å². The minimum absolute atomic E-state index is 0.143. The van der Waals surface area contributed by atoms with Crippen molar-refractivity contribution >= 4 is 39.7 Å². The second kappa shape index (κ2) is 9.19. The Hall–Kier alpha value is -3.23. The van der Waals surface area contributed by atoms with E-state index in [0.717, 1.165) is 59.0 Å². The van der Waals surface area contributed by atoms with Crippen LogP contribution in [0.3, 0.4) is 0 Å². The number of nitrogens with zero attached hydrogens (tertiary/aromatic N) is 5. The average molecular weight is 475 g/mol. The van der Waals surface area contributed by atoms with Gasteiger partial charge in [-0.3, -0.25) is 4.79 Å². The highest BCUT2D eigenvalue weighted by Crippen LogP contribution is 2.30. The van der Waals surface area contributed by atoms with Gasteiger partial charge in [0.15, 0.2) is 5.65 Å². The van der Waals surface area contributed by atoms with Crippen molar-refractivity contribution in [2.24, 2.45) is 0 Å². The molecule has 1 N–H and O–H groups in total. The summed E-state index contributed by atoms with van der Waals surface area (Å²) in [5.41, 5.74) is 5.29. The van der Waals surface area contributed by atoms with Crippen LogP contribution in [0.4, 0.5) is 11.4 Å². The van der Waals surface area contributed by atoms with Crippen molar-refractivity contribution in [1.82, 2.24) is 19.7 Å². The molecule has 1 fully saturated rings. The Labute approximate surface area is 204 Å². The fourth-order valence-electron chi connectivity index (χ4n) is 4.47. The summed E-state index contributed by atoms with van der Waals surface area (Å²) in [5.74, 6) is -0.153. The number of carbonyl (C=O) groups is 1. The Bertz CT molecular complexity index is 1320. The van der Waals surface area contributed by atoms with E-state index in [1.807, 2.05) is 34.3 Å². The largest absolute Gasteiger partial charge is 0.369 e. The van der Waals surface area contributed by atoms with Gasteiger partial charge in [-0.1, -0.05) is 6.07 Å². The predicted octanol–water partition coefficient (Wildman–Crippen LogP) is 5.05. The Morgan fingerprint density at radius 3 is 2.59 bits per heavy atom. The molecule has 4 aromatic rings. The van der Waals surface area contributed by atoms with Crippen LogP contribution in [-0.2, 0) is 0 Å². The van der Waals surface area contributed by atoms with Gasteiger partial charge >= 0.3 is 0 Å². The fourth-order valence-corrected chi connectivity index (χ4v) is 5.15. The zero-order valence-corrected chi connectivity index (χ0v) is 20.9. The van der Waals surface area contributed by atoms with Crippen LogP contribution in [-0.4, -0.2) is 58.8 Å². The molecule has 3 aromatic heterocycles. The highest BCUT2D eigenvalue weighted by atomic mass is 32.1. The summed E-state index contributed by atoms with van der Waals surface area (Å²) in [4.78, 5) is 24.1. The van der Waals surface area contributed by atoms with Crippen LogP contribution in [0.5, 0.6) is 0 Å². The number of nitrogens with one attached hydrogen (secondary N) is 1. The second-order valence-corrected chi connectivity index (χ2v) is 10.1. The van der Waals surface area contributed by atoms with Gasteiger partial charge in [-0.15, -0.1) is 11.3 Å². The van der Waals surface area contributed by atoms with Crippen LogP contribution >= 0.6 is 11.3 Å². The molecule has 176 valence electrons. The third-order valence-electron chi connectivity index (χ3n) is 6.37. The molecule has 0 atom stereocenters. The van der Waals surface area contributed by atoms with E-state index in [1.54, 1.807) is 17.5 Å². The standard InChI is InChI=1S/C26H30N6OS/c1-17(2)32-25-21(16-27-32)20(15-22(29-25)24-6-5-13-34-24)26(33)28-19-7-8-23(18(3)14-19)31-11-9-30(4)10-12-31/h5-8,13-17H,9-12H2,1-4H3,(H,28,33). The monoisotopic (exact) mass is 474 g/mol. The molecular formula is C26H30N6OS. The lowest BCUT2D eigenvalue weighted by molar-refractivity contribution is 0.102. The maximum atomic E-state index is 13.5. The van der Waals surface area contributed by atoms with Gasteiger partial charge in [-0.2, -0.15) is 5.10 Å². The van der Waals surface area contributed by atoms with Crippen molar-refractivity contribution in [3.05, 3.63) is 59.1 Å². The maximum absolute atomic E-state index is 13.5. The van der Waals surface area contributed by atoms with E-state index in [2.05, 4.69) is 60.2 Å². The average Bonchev–Trinajstić information content (AvgIpc) is 3.49. The summed E-state index contributed by atoms with van der Waals surface area (Å²) in [6.07, 6.45) is 1.75. The van der Waals surface area contributed by atoms with Gasteiger partial charge in [0.05, 0.1) is 27.7 Å². The van der Waals surface area contributed by atoms with Gasteiger partial charge < -0.3 is 15.1 Å². The topological polar surface area (TPSA) is 66.3 Å². The Morgan fingerprint density at radius 1 is 1.12 bits per heavy atom. The normalized spacial score (nSPS) is 14.8. The molecule has 1 aliphatic heterocycles. The van der Waals surface area contributed by atoms with E-state index in [1.165, 1.54) is 5.69 Å². The Balaban J connectivity index is 1.46. The fraction of sp³-hybridized carbons (Fsp3) is 0.346. The molecule has 1 saturated heterocycles. The number of anilines is 2. The number of carbonyl (C=O) groups excluding carboxylic acids is 1. The number of thiophene rings is 1. The number of likely N-dealkylation sites (N-methyl/N-ethyl adjacent to an activating group) is 1. The minimum atomic E-state index is -0.153. The van der Waals surface area contributed by atoms with E-state index < -0.39 is 0 Å². The van der Waals surface area contributed by atoms with Gasteiger partial charge in [0.2, 0.25) is 0 Å². The molecule has 0 radical (unpaired) electrons. The first-order valence-electron chi connectivity index (χ1n) is 11.7. The number of fused-ring (bicyclic) bond motifs is 1. The third kappa shape index (κ3) is 4.31. The third-order valence-corrected chi connectivity index (χ3v) is 7.27. The molecule has 7 nitrogen and oxygen atoms in total. The first-order chi connectivity index (χ1) is 16.4. The molecule has 0 spiro atoms. The molecule has 8 heteroatoms. The smallest absolute Gasteiger partial charge is 0.256 e. The second-order valence-electron chi connectivity index (χ2n) is 9.20. The van der Waals surface area contributed by atoms with Crippen LogP contribution in [0.1, 0.15) is 35.8 Å². The summed E-state index contributed by atoms with van der Waals surface area (Å²) < 4.78 is 1.87. The van der Waals surface area contributed by atoms with E-state index in [0.29, 0.717) is 5.56 Å². The maximum Gasteiger partial charge on any atom is 0.256 e. The molecule has 34 heavy (non-hydrogen) atoms. The SMILES string of the molecule is Cc1cc(NC(=O)c2cc(-c3cccs3)nc3c2cnn3C(C)C)ccc1N1CCN(C)CC1. The van der Waals surface area contributed by atoms with Crippen LogP contribution in [0.25, 0.3) is 21.6 Å². The number of piperazine rings is 1. The molecule has 0 aliphatic carbocycles. The minimum Gasteiger partial charge on any atom is -0.369 e. The number of aryl methyl sites for hydroxylation is 1. The van der Waals surface area contributed by atoms with Gasteiger partial charge in [0, 0.05) is 43.6 Å². The Morgan fingerprint density at radius 2 is 1.91 bits per heavy atom. The molecule has 0 bridgehead atoms. The van der Waals surface area contributed by atoms with Crippen LogP contribution in [0.2, 0.25) is 0 Å². The van der Waals surface area contributed by atoms with Gasteiger partial charge in [-0.05, 0) is 69.1 Å². The molecule has 5 rings (SSSR count). The number of amides is 1. The predicted molar refractivity (Wildman–Crippen MR) is 140 cm³/mol. The summed E-state index contributed by atoms with van der Waals surface area (Å²) in [5, 5.41) is 10.4. The number of hydrogen-bond donors (Lipinski definition) is 1. The quantitative estimate of drug-likeness (QED) is 0.438. The molecule has 1 aromatic carbocycles. The van der Waals surface area contributed by atoms with E-state index in [-0.39, 0.29) is 11.9 Å². The summed E-state index contributed by atoms with van der Waals surface area (Å²) in [7, 11) is 2.16. The van der Waals surface area contributed by atoms with E-state index in [9.17, 15) is 4.79 Å². The zero-order valence-electron chi connectivity index (χ0n) is 20.1. The molecule has 0 unspecified atom stereocenters. The lowest BCUT2D eigenvalue weighted by Gasteiger charge is -2.35. The van der Waals surface area contributed by atoms with Crippen molar-refractivity contribution in [3.8, 4) is 10.6 Å². The van der Waals surface area contributed by atoms with Crippen molar-refractivity contribution in [2.75, 3.05) is 43.4 Å². The number of aromatic nitrogens is 3. The van der Waals surface area contributed by atoms with Gasteiger partial charge in [-0.25, -0.2) is 9.67 Å². The highest BCUT2D eigenvalue weighted by molar-refractivity contribution is 7.13. The summed E-state index contributed by atoms with van der Waals surface area (Å²) in [6.45, 7) is 10.4. The van der Waals surface area contributed by atoms with Gasteiger partial charge in [0.25, 0.3) is 5.91 Å². The lowest BCUT2D eigenvalue weighted by atomic mass is 10.1. The highest BCUT2D eigenvalue weighted by Gasteiger charge is 2.20. The van der Waals surface area contributed by atoms with E-state index in [4.69, 9.17) is 4.98 Å². The number of pyridine rings is 1. The number of benzene rings is 1. The number of hydrogen-bond acceptors (Lipinski definition) is 6. The van der Waals surface area contributed by atoms with Crippen molar-refractivity contribution < 1.29 is 4.79 Å². The number of rotatable bonds is 5. The van der Waals surface area contributed by atoms with Crippen molar-refractivity contribution in [2.45, 2.75) is 26.8 Å². The van der Waals surface area contributed by atoms with Gasteiger partial charge in [0.1, 0.15) is 0 Å². The first-order valence-corrected chi connectivity index (χ1v) is 12.6. The molecular weight excluding hydrogens is 444 g/mol. The molecule has 1 amide bonds. The lowest BCUT2D eigenvalue weighted by Crippen LogP contribution is -2.44. The van der Waals surface area contributed by atoms with Crippen LogP contribution in [0.15, 0.2) is 48.0 Å². The molecule has 4 heterocycles. The van der Waals surface area contributed by atoms with Crippen LogP contribution in [0, 0.1) is 6.92 Å². The molecule has 0 saturated carbocycles. The van der Waals surface area contributed by atoms with E-state index >= 15 is 0 Å². The van der Waals surface area contributed by atoms with Crippen LogP contribution < -0.4 is 10.2 Å². The first kappa shape index (κ1) is 22.6. The summed E-state index contributed by atoms with van der Waals surface area (Å²) >= 11 is 1.61.